The molecule has 7 heteroatoms. The molecule has 0 spiro atoms. The number of halogens is 1. The Labute approximate surface area is 203 Å². The van der Waals surface area contributed by atoms with Crippen molar-refractivity contribution in [2.24, 2.45) is 5.92 Å². The summed E-state index contributed by atoms with van der Waals surface area (Å²) in [6.45, 7) is 6.11. The second-order valence-corrected chi connectivity index (χ2v) is 9.09. The zero-order valence-corrected chi connectivity index (χ0v) is 20.1. The molecule has 174 valence electrons. The van der Waals surface area contributed by atoms with Crippen LogP contribution in [0.3, 0.4) is 0 Å². The van der Waals surface area contributed by atoms with Crippen molar-refractivity contribution in [1.82, 2.24) is 0 Å². The van der Waals surface area contributed by atoms with Crippen LogP contribution < -0.4 is 15.5 Å². The van der Waals surface area contributed by atoms with Gasteiger partial charge in [-0.05, 0) is 68.3 Å². The van der Waals surface area contributed by atoms with Gasteiger partial charge in [-0.15, -0.1) is 0 Å². The molecule has 2 N–H and O–H groups in total. The molecule has 1 fully saturated rings. The minimum atomic E-state index is -0.500. The van der Waals surface area contributed by atoms with Crippen molar-refractivity contribution in [3.05, 3.63) is 87.9 Å². The van der Waals surface area contributed by atoms with Gasteiger partial charge in [0.15, 0.2) is 0 Å². The average Bonchev–Trinajstić information content (AvgIpc) is 3.19. The highest BCUT2D eigenvalue weighted by Gasteiger charge is 2.35. The lowest BCUT2D eigenvalue weighted by atomic mass is 10.1. The van der Waals surface area contributed by atoms with Gasteiger partial charge in [-0.2, -0.15) is 0 Å². The molecule has 3 aromatic rings. The Kier molecular flexibility index (Phi) is 6.70. The highest BCUT2D eigenvalue weighted by molar-refractivity contribution is 6.31. The third-order valence-electron chi connectivity index (χ3n) is 5.99. The Balaban J connectivity index is 1.42. The van der Waals surface area contributed by atoms with Crippen LogP contribution in [0.4, 0.5) is 17.1 Å². The van der Waals surface area contributed by atoms with E-state index >= 15 is 0 Å². The van der Waals surface area contributed by atoms with Gasteiger partial charge in [0.2, 0.25) is 11.8 Å². The lowest BCUT2D eigenvalue weighted by Crippen LogP contribution is -2.28. The van der Waals surface area contributed by atoms with E-state index in [0.717, 1.165) is 22.4 Å². The molecule has 0 aromatic heterocycles. The van der Waals surface area contributed by atoms with Crippen LogP contribution in [0.25, 0.3) is 0 Å². The van der Waals surface area contributed by atoms with Crippen LogP contribution in [-0.2, 0) is 9.59 Å². The van der Waals surface area contributed by atoms with Gasteiger partial charge >= 0.3 is 0 Å². The molecule has 3 amide bonds. The smallest absolute Gasteiger partial charge is 0.255 e. The quantitative estimate of drug-likeness (QED) is 0.510. The lowest BCUT2D eigenvalue weighted by Gasteiger charge is -2.17. The first kappa shape index (κ1) is 23.5. The molecule has 0 saturated carbocycles. The van der Waals surface area contributed by atoms with E-state index in [0.29, 0.717) is 22.0 Å². The van der Waals surface area contributed by atoms with E-state index in [1.807, 2.05) is 51.1 Å². The number of hydrogen-bond acceptors (Lipinski definition) is 3. The summed E-state index contributed by atoms with van der Waals surface area (Å²) < 4.78 is 0. The van der Waals surface area contributed by atoms with Gasteiger partial charge in [0.1, 0.15) is 0 Å². The van der Waals surface area contributed by atoms with Gasteiger partial charge in [0.05, 0.1) is 5.92 Å². The highest BCUT2D eigenvalue weighted by Crippen LogP contribution is 2.29. The molecule has 0 unspecified atom stereocenters. The maximum Gasteiger partial charge on any atom is 0.255 e. The zero-order chi connectivity index (χ0) is 24.4. The molecule has 1 atom stereocenters. The summed E-state index contributed by atoms with van der Waals surface area (Å²) >= 11 is 6.20. The molecule has 0 aliphatic carbocycles. The number of carbonyl (C=O) groups is 3. The van der Waals surface area contributed by atoms with Crippen molar-refractivity contribution in [1.29, 1.82) is 0 Å². The number of hydrogen-bond donors (Lipinski definition) is 2. The molecule has 6 nitrogen and oxygen atoms in total. The normalized spacial score (nSPS) is 15.4. The maximum atomic E-state index is 12.9. The number of rotatable bonds is 5. The number of amides is 3. The predicted octanol–water partition coefficient (Wildman–Crippen LogP) is 5.51. The molecule has 3 aromatic carbocycles. The molecule has 4 rings (SSSR count). The standard InChI is InChI=1S/C27H26ClN3O3/c1-16-7-10-24(18(3)11-16)30-26(33)19-5-4-6-21(12-19)29-27(34)20-13-25(32)31(15-20)22-9-8-17(2)23(28)14-22/h4-12,14,20H,13,15H2,1-3H3,(H,29,34)(H,30,33)/t20-/m1/s1. The Bertz CT molecular complexity index is 1290. The Morgan fingerprint density at radius 3 is 2.47 bits per heavy atom. The van der Waals surface area contributed by atoms with Gasteiger partial charge < -0.3 is 15.5 Å². The predicted molar refractivity (Wildman–Crippen MR) is 136 cm³/mol. The molecular formula is C27H26ClN3O3. The first-order valence-electron chi connectivity index (χ1n) is 11.1. The molecule has 0 bridgehead atoms. The number of carbonyl (C=O) groups excluding carboxylic acids is 3. The number of benzene rings is 3. The Hall–Kier alpha value is -3.64. The summed E-state index contributed by atoms with van der Waals surface area (Å²) in [6, 6.07) is 18.0. The molecule has 0 radical (unpaired) electrons. The van der Waals surface area contributed by atoms with E-state index < -0.39 is 5.92 Å². The van der Waals surface area contributed by atoms with E-state index in [4.69, 9.17) is 11.6 Å². The number of aryl methyl sites for hydroxylation is 3. The minimum Gasteiger partial charge on any atom is -0.326 e. The summed E-state index contributed by atoms with van der Waals surface area (Å²) in [6.07, 6.45) is 0.115. The summed E-state index contributed by atoms with van der Waals surface area (Å²) in [5.74, 6) is -1.15. The van der Waals surface area contributed by atoms with E-state index in [-0.39, 0.29) is 30.7 Å². The molecule has 1 heterocycles. The number of nitrogens with one attached hydrogen (secondary N) is 2. The molecule has 1 aliphatic heterocycles. The number of nitrogens with zero attached hydrogens (tertiary/aromatic N) is 1. The maximum absolute atomic E-state index is 12.9. The summed E-state index contributed by atoms with van der Waals surface area (Å²) in [5.41, 5.74) is 5.37. The minimum absolute atomic E-state index is 0.115. The van der Waals surface area contributed by atoms with Crippen molar-refractivity contribution in [3.63, 3.8) is 0 Å². The summed E-state index contributed by atoms with van der Waals surface area (Å²) in [7, 11) is 0. The fraction of sp³-hybridized carbons (Fsp3) is 0.222. The zero-order valence-electron chi connectivity index (χ0n) is 19.3. The second-order valence-electron chi connectivity index (χ2n) is 8.68. The molecule has 1 aliphatic rings. The van der Waals surface area contributed by atoms with Crippen LogP contribution in [-0.4, -0.2) is 24.3 Å². The first-order chi connectivity index (χ1) is 16.2. The van der Waals surface area contributed by atoms with Gasteiger partial charge in [-0.25, -0.2) is 0 Å². The van der Waals surface area contributed by atoms with Crippen molar-refractivity contribution in [3.8, 4) is 0 Å². The fourth-order valence-corrected chi connectivity index (χ4v) is 4.19. The third kappa shape index (κ3) is 5.13. The van der Waals surface area contributed by atoms with E-state index in [2.05, 4.69) is 10.6 Å². The molecular weight excluding hydrogens is 450 g/mol. The molecule has 1 saturated heterocycles. The average molecular weight is 476 g/mol. The summed E-state index contributed by atoms with van der Waals surface area (Å²) in [5, 5.41) is 6.34. The van der Waals surface area contributed by atoms with Crippen LogP contribution in [0.5, 0.6) is 0 Å². The topological polar surface area (TPSA) is 78.5 Å². The number of anilines is 3. The van der Waals surface area contributed by atoms with Gasteiger partial charge in [-0.1, -0.05) is 41.4 Å². The van der Waals surface area contributed by atoms with Crippen LogP contribution >= 0.6 is 11.6 Å². The third-order valence-corrected chi connectivity index (χ3v) is 6.39. The van der Waals surface area contributed by atoms with Crippen molar-refractivity contribution >= 4 is 46.4 Å². The van der Waals surface area contributed by atoms with Crippen LogP contribution in [0.1, 0.15) is 33.5 Å². The van der Waals surface area contributed by atoms with Crippen molar-refractivity contribution < 1.29 is 14.4 Å². The largest absolute Gasteiger partial charge is 0.326 e. The highest BCUT2D eigenvalue weighted by atomic mass is 35.5. The van der Waals surface area contributed by atoms with E-state index in [1.54, 1.807) is 35.2 Å². The van der Waals surface area contributed by atoms with E-state index in [1.165, 1.54) is 0 Å². The van der Waals surface area contributed by atoms with Crippen LogP contribution in [0.2, 0.25) is 5.02 Å². The van der Waals surface area contributed by atoms with Gasteiger partial charge in [-0.3, -0.25) is 14.4 Å². The fourth-order valence-electron chi connectivity index (χ4n) is 4.01. The summed E-state index contributed by atoms with van der Waals surface area (Å²) in [4.78, 5) is 39.8. The first-order valence-corrected chi connectivity index (χ1v) is 11.4. The van der Waals surface area contributed by atoms with E-state index in [9.17, 15) is 14.4 Å². The van der Waals surface area contributed by atoms with Crippen molar-refractivity contribution in [2.45, 2.75) is 27.2 Å². The van der Waals surface area contributed by atoms with Crippen LogP contribution in [0.15, 0.2) is 60.7 Å². The Morgan fingerprint density at radius 1 is 0.941 bits per heavy atom. The van der Waals surface area contributed by atoms with Crippen molar-refractivity contribution in [2.75, 3.05) is 22.1 Å². The lowest BCUT2D eigenvalue weighted by molar-refractivity contribution is -0.122. The monoisotopic (exact) mass is 475 g/mol. The second kappa shape index (κ2) is 9.69. The SMILES string of the molecule is Cc1ccc(NC(=O)c2cccc(NC(=O)[C@@H]3CC(=O)N(c4ccc(C)c(Cl)c4)C3)c2)c(C)c1. The Morgan fingerprint density at radius 2 is 1.74 bits per heavy atom. The van der Waals surface area contributed by atoms with Gasteiger partial charge in [0, 0.05) is 40.6 Å². The van der Waals surface area contributed by atoms with Crippen LogP contribution in [0, 0.1) is 26.7 Å². The molecule has 34 heavy (non-hydrogen) atoms. The van der Waals surface area contributed by atoms with Gasteiger partial charge in [0.25, 0.3) is 5.91 Å².